The van der Waals surface area contributed by atoms with Crippen molar-refractivity contribution in [3.05, 3.63) is 54.0 Å². The first kappa shape index (κ1) is 14.7. The zero-order valence-corrected chi connectivity index (χ0v) is 13.2. The number of pyridine rings is 1. The SMILES string of the molecule is NC(=O)c1ccnc(N2CCC[C@H](c3nc4ccccc4o3)C2)c1. The molecule has 3 heterocycles. The lowest BCUT2D eigenvalue weighted by molar-refractivity contribution is 0.1000. The summed E-state index contributed by atoms with van der Waals surface area (Å²) in [4.78, 5) is 22.5. The van der Waals surface area contributed by atoms with E-state index in [1.165, 1.54) is 0 Å². The first-order chi connectivity index (χ1) is 11.7. The molecule has 0 saturated carbocycles. The third kappa shape index (κ3) is 2.71. The summed E-state index contributed by atoms with van der Waals surface area (Å²) in [6.45, 7) is 1.66. The number of aromatic nitrogens is 2. The van der Waals surface area contributed by atoms with Gasteiger partial charge in [-0.15, -0.1) is 0 Å². The van der Waals surface area contributed by atoms with Gasteiger partial charge in [-0.3, -0.25) is 4.79 Å². The number of primary amides is 1. The molecule has 1 saturated heterocycles. The lowest BCUT2D eigenvalue weighted by Crippen LogP contribution is -2.35. The molecule has 24 heavy (non-hydrogen) atoms. The van der Waals surface area contributed by atoms with Gasteiger partial charge in [0.25, 0.3) is 0 Å². The molecule has 2 aromatic heterocycles. The number of fused-ring (bicyclic) bond motifs is 1. The van der Waals surface area contributed by atoms with E-state index in [2.05, 4.69) is 14.9 Å². The van der Waals surface area contributed by atoms with Crippen molar-refractivity contribution < 1.29 is 9.21 Å². The highest BCUT2D eigenvalue weighted by atomic mass is 16.3. The van der Waals surface area contributed by atoms with E-state index in [0.29, 0.717) is 5.56 Å². The van der Waals surface area contributed by atoms with Crippen LogP contribution in [0.2, 0.25) is 0 Å². The first-order valence-corrected chi connectivity index (χ1v) is 8.07. The fourth-order valence-electron chi connectivity index (χ4n) is 3.20. The molecule has 1 aliphatic rings. The zero-order valence-electron chi connectivity index (χ0n) is 13.2. The van der Waals surface area contributed by atoms with Crippen LogP contribution in [0.25, 0.3) is 11.1 Å². The Kier molecular flexibility index (Phi) is 3.65. The monoisotopic (exact) mass is 322 g/mol. The van der Waals surface area contributed by atoms with Crippen LogP contribution in [0.15, 0.2) is 47.0 Å². The van der Waals surface area contributed by atoms with Crippen LogP contribution in [0.1, 0.15) is 35.0 Å². The molecule has 0 bridgehead atoms. The normalized spacial score (nSPS) is 18.0. The Bertz CT molecular complexity index is 856. The molecule has 0 aliphatic carbocycles. The zero-order chi connectivity index (χ0) is 16.5. The summed E-state index contributed by atoms with van der Waals surface area (Å²) in [5.41, 5.74) is 7.54. The minimum absolute atomic E-state index is 0.213. The highest BCUT2D eigenvalue weighted by Gasteiger charge is 2.26. The van der Waals surface area contributed by atoms with E-state index in [1.807, 2.05) is 24.3 Å². The van der Waals surface area contributed by atoms with E-state index in [-0.39, 0.29) is 5.92 Å². The van der Waals surface area contributed by atoms with Crippen molar-refractivity contribution in [1.82, 2.24) is 9.97 Å². The summed E-state index contributed by atoms with van der Waals surface area (Å²) in [7, 11) is 0. The topological polar surface area (TPSA) is 85.3 Å². The van der Waals surface area contributed by atoms with Gasteiger partial charge in [-0.1, -0.05) is 12.1 Å². The largest absolute Gasteiger partial charge is 0.440 e. The quantitative estimate of drug-likeness (QED) is 0.801. The number of hydrogen-bond donors (Lipinski definition) is 1. The Hall–Kier alpha value is -2.89. The van der Waals surface area contributed by atoms with Crippen LogP contribution in [0.4, 0.5) is 5.82 Å². The van der Waals surface area contributed by atoms with Gasteiger partial charge in [0.05, 0.1) is 5.92 Å². The van der Waals surface area contributed by atoms with Crippen molar-refractivity contribution >= 4 is 22.8 Å². The number of oxazole rings is 1. The summed E-state index contributed by atoms with van der Waals surface area (Å²) in [5, 5.41) is 0. The predicted molar refractivity (Wildman–Crippen MR) is 91.0 cm³/mol. The van der Waals surface area contributed by atoms with Gasteiger partial charge in [0, 0.05) is 24.8 Å². The summed E-state index contributed by atoms with van der Waals surface area (Å²) in [5.74, 6) is 1.32. The Labute approximate surface area is 139 Å². The number of nitrogens with zero attached hydrogens (tertiary/aromatic N) is 3. The summed E-state index contributed by atoms with van der Waals surface area (Å²) >= 11 is 0. The number of carbonyl (C=O) groups excluding carboxylic acids is 1. The molecular weight excluding hydrogens is 304 g/mol. The number of piperidine rings is 1. The van der Waals surface area contributed by atoms with E-state index < -0.39 is 5.91 Å². The third-order valence-electron chi connectivity index (χ3n) is 4.44. The molecule has 0 spiro atoms. The second-order valence-corrected chi connectivity index (χ2v) is 6.07. The van der Waals surface area contributed by atoms with Gasteiger partial charge in [0.2, 0.25) is 5.91 Å². The number of para-hydroxylation sites is 2. The Morgan fingerprint density at radius 2 is 2.17 bits per heavy atom. The number of hydrogen-bond acceptors (Lipinski definition) is 5. The molecule has 1 fully saturated rings. The lowest BCUT2D eigenvalue weighted by atomic mass is 9.98. The molecule has 122 valence electrons. The molecule has 1 aromatic carbocycles. The van der Waals surface area contributed by atoms with Crippen molar-refractivity contribution in [3.63, 3.8) is 0 Å². The van der Waals surface area contributed by atoms with E-state index in [9.17, 15) is 4.79 Å². The standard InChI is InChI=1S/C18H18N4O2/c19-17(23)12-7-8-20-16(10-12)22-9-3-4-13(11-22)18-21-14-5-1-2-6-15(14)24-18/h1-2,5-8,10,13H,3-4,9,11H2,(H2,19,23)/t13-/m0/s1. The summed E-state index contributed by atoms with van der Waals surface area (Å²) in [6.07, 6.45) is 3.67. The number of benzene rings is 1. The number of anilines is 1. The smallest absolute Gasteiger partial charge is 0.248 e. The second-order valence-electron chi connectivity index (χ2n) is 6.07. The van der Waals surface area contributed by atoms with Crippen LogP contribution in [0.3, 0.4) is 0 Å². The molecule has 6 nitrogen and oxygen atoms in total. The maximum atomic E-state index is 11.4. The molecular formula is C18H18N4O2. The van der Waals surface area contributed by atoms with Gasteiger partial charge >= 0.3 is 0 Å². The van der Waals surface area contributed by atoms with Crippen LogP contribution < -0.4 is 10.6 Å². The molecule has 1 atom stereocenters. The predicted octanol–water partition coefficient (Wildman–Crippen LogP) is 2.71. The van der Waals surface area contributed by atoms with E-state index >= 15 is 0 Å². The highest BCUT2D eigenvalue weighted by Crippen LogP contribution is 2.30. The van der Waals surface area contributed by atoms with Crippen LogP contribution in [-0.2, 0) is 0 Å². The van der Waals surface area contributed by atoms with Crippen LogP contribution in [0.5, 0.6) is 0 Å². The van der Waals surface area contributed by atoms with Gasteiger partial charge in [-0.25, -0.2) is 9.97 Å². The third-order valence-corrected chi connectivity index (χ3v) is 4.44. The minimum Gasteiger partial charge on any atom is -0.440 e. The fraction of sp³-hybridized carbons (Fsp3) is 0.278. The number of amides is 1. The molecule has 0 radical (unpaired) electrons. The van der Waals surface area contributed by atoms with Crippen LogP contribution >= 0.6 is 0 Å². The van der Waals surface area contributed by atoms with Crippen LogP contribution in [0, 0.1) is 0 Å². The number of carbonyl (C=O) groups is 1. The summed E-state index contributed by atoms with van der Waals surface area (Å²) in [6, 6.07) is 11.2. The molecule has 2 N–H and O–H groups in total. The molecule has 4 rings (SSSR count). The van der Waals surface area contributed by atoms with Crippen molar-refractivity contribution in [1.29, 1.82) is 0 Å². The second kappa shape index (κ2) is 5.96. The highest BCUT2D eigenvalue weighted by molar-refractivity contribution is 5.93. The average molecular weight is 322 g/mol. The first-order valence-electron chi connectivity index (χ1n) is 8.07. The maximum absolute atomic E-state index is 11.4. The Balaban J connectivity index is 1.59. The average Bonchev–Trinajstić information content (AvgIpc) is 3.06. The molecule has 3 aromatic rings. The van der Waals surface area contributed by atoms with Gasteiger partial charge in [0.15, 0.2) is 11.5 Å². The molecule has 1 aliphatic heterocycles. The number of nitrogens with two attached hydrogens (primary N) is 1. The Morgan fingerprint density at radius 3 is 3.00 bits per heavy atom. The van der Waals surface area contributed by atoms with Crippen molar-refractivity contribution in [2.45, 2.75) is 18.8 Å². The minimum atomic E-state index is -0.439. The van der Waals surface area contributed by atoms with Gasteiger partial charge in [-0.05, 0) is 37.1 Å². The summed E-state index contributed by atoms with van der Waals surface area (Å²) < 4.78 is 5.92. The van der Waals surface area contributed by atoms with Crippen molar-refractivity contribution in [3.8, 4) is 0 Å². The van der Waals surface area contributed by atoms with E-state index in [1.54, 1.807) is 18.3 Å². The molecule has 1 amide bonds. The van der Waals surface area contributed by atoms with E-state index in [4.69, 9.17) is 10.2 Å². The molecule has 0 unspecified atom stereocenters. The van der Waals surface area contributed by atoms with Gasteiger partial charge in [-0.2, -0.15) is 0 Å². The van der Waals surface area contributed by atoms with Gasteiger partial charge < -0.3 is 15.1 Å². The maximum Gasteiger partial charge on any atom is 0.248 e. The Morgan fingerprint density at radius 1 is 1.29 bits per heavy atom. The number of rotatable bonds is 3. The van der Waals surface area contributed by atoms with Crippen molar-refractivity contribution in [2.75, 3.05) is 18.0 Å². The molecule has 6 heteroatoms. The van der Waals surface area contributed by atoms with Crippen molar-refractivity contribution in [2.24, 2.45) is 5.73 Å². The fourth-order valence-corrected chi connectivity index (χ4v) is 3.20. The van der Waals surface area contributed by atoms with Crippen LogP contribution in [-0.4, -0.2) is 29.0 Å². The van der Waals surface area contributed by atoms with E-state index in [0.717, 1.165) is 48.7 Å². The van der Waals surface area contributed by atoms with Gasteiger partial charge in [0.1, 0.15) is 11.3 Å². The lowest BCUT2D eigenvalue weighted by Gasteiger charge is -2.32.